The molecular weight excluding hydrogens is 171 g/mol. The third kappa shape index (κ3) is 292. The van der Waals surface area contributed by atoms with Crippen LogP contribution in [0.5, 0.6) is 0 Å². The Morgan fingerprint density at radius 2 is 0.556 bits per heavy atom. The van der Waals surface area contributed by atoms with Crippen LogP contribution in [0.3, 0.4) is 0 Å². The molecule has 1 radical (unpaired) electrons. The molecule has 0 spiro atoms. The average Bonchev–Trinajstić information content (AvgIpc) is 2.03. The standard InChI is InChI=1S/4CH2O.Co.2H/c4*1-2;;;/h4*1H2;;;/q;;;;+2;2*-1. The number of carbonyl (C=O) groups excluding carboxylic acids is 4. The Labute approximate surface area is 66.8 Å². The molecule has 0 saturated carbocycles. The molecule has 0 amide bonds. The van der Waals surface area contributed by atoms with Crippen molar-refractivity contribution >= 4 is 27.2 Å². The first kappa shape index (κ1) is 41.6. The second kappa shape index (κ2) is 416. The molecule has 0 aromatic rings. The van der Waals surface area contributed by atoms with Crippen LogP contribution < -0.4 is 0 Å². The molecule has 0 aromatic heterocycles. The van der Waals surface area contributed by atoms with Crippen LogP contribution in [0.2, 0.25) is 0 Å². The first-order valence-corrected chi connectivity index (χ1v) is 1.15. The molecule has 0 unspecified atom stereocenters. The molecule has 5 heteroatoms. The van der Waals surface area contributed by atoms with E-state index in [4.69, 9.17) is 19.2 Å². The van der Waals surface area contributed by atoms with Gasteiger partial charge < -0.3 is 22.0 Å². The number of rotatable bonds is 0. The monoisotopic (exact) mass is 181 g/mol. The van der Waals surface area contributed by atoms with Gasteiger partial charge in [0.05, 0.1) is 0 Å². The first-order valence-electron chi connectivity index (χ1n) is 1.15. The zero-order valence-electron chi connectivity index (χ0n) is 6.79. The fourth-order valence-electron chi connectivity index (χ4n) is 0. The Balaban J connectivity index is -0.00000000356. The Hall–Kier alpha value is -0.814. The van der Waals surface area contributed by atoms with E-state index in [0.717, 1.165) is 0 Å². The molecule has 0 aliphatic carbocycles. The maximum atomic E-state index is 8.00. The van der Waals surface area contributed by atoms with E-state index >= 15 is 0 Å². The summed E-state index contributed by atoms with van der Waals surface area (Å²) in [7, 11) is 0. The van der Waals surface area contributed by atoms with Crippen molar-refractivity contribution in [3.8, 4) is 0 Å². The molecule has 0 saturated heterocycles. The van der Waals surface area contributed by atoms with Crippen LogP contribution >= 0.6 is 0 Å². The van der Waals surface area contributed by atoms with E-state index in [9.17, 15) is 0 Å². The summed E-state index contributed by atoms with van der Waals surface area (Å²) >= 11 is 0. The quantitative estimate of drug-likeness (QED) is 0.504. The summed E-state index contributed by atoms with van der Waals surface area (Å²) < 4.78 is 0. The molecule has 0 rings (SSSR count). The molecule has 0 fully saturated rings. The smallest absolute Gasteiger partial charge is 1.00 e. The molecule has 0 heterocycles. The van der Waals surface area contributed by atoms with E-state index in [0.29, 0.717) is 0 Å². The number of carbonyl (C=O) groups is 4. The van der Waals surface area contributed by atoms with E-state index in [1.54, 1.807) is 0 Å². The van der Waals surface area contributed by atoms with Gasteiger partial charge in [0.15, 0.2) is 0 Å². The van der Waals surface area contributed by atoms with Gasteiger partial charge in [-0.25, -0.2) is 0 Å². The van der Waals surface area contributed by atoms with Crippen molar-refractivity contribution in [3.05, 3.63) is 0 Å². The van der Waals surface area contributed by atoms with Crippen LogP contribution in [0, 0.1) is 0 Å². The van der Waals surface area contributed by atoms with Crippen molar-refractivity contribution in [1.29, 1.82) is 0 Å². The average molecular weight is 181 g/mol. The van der Waals surface area contributed by atoms with Gasteiger partial charge in [0.2, 0.25) is 0 Å². The Bertz CT molecular complexity index is 28.1. The molecule has 9 heavy (non-hydrogen) atoms. The zero-order valence-corrected chi connectivity index (χ0v) is 5.84. The van der Waals surface area contributed by atoms with Crippen molar-refractivity contribution < 1.29 is 38.8 Å². The van der Waals surface area contributed by atoms with Crippen LogP contribution in [0.1, 0.15) is 2.85 Å². The van der Waals surface area contributed by atoms with Gasteiger partial charge in [0, 0.05) is 0 Å². The number of hydrogen-bond acceptors (Lipinski definition) is 4. The molecule has 0 aliphatic heterocycles. The van der Waals surface area contributed by atoms with Gasteiger partial charge in [0.25, 0.3) is 0 Å². The maximum Gasteiger partial charge on any atom is 2.00 e. The minimum atomic E-state index is 0. The van der Waals surface area contributed by atoms with Crippen molar-refractivity contribution in [2.75, 3.05) is 0 Å². The van der Waals surface area contributed by atoms with E-state index in [1.165, 1.54) is 0 Å². The largest absolute Gasteiger partial charge is 2.00 e. The van der Waals surface area contributed by atoms with E-state index in [2.05, 4.69) is 0 Å². The van der Waals surface area contributed by atoms with Gasteiger partial charge in [-0.1, -0.05) is 0 Å². The van der Waals surface area contributed by atoms with Crippen molar-refractivity contribution in [2.45, 2.75) is 0 Å². The van der Waals surface area contributed by atoms with Gasteiger partial charge in [0.1, 0.15) is 27.2 Å². The summed E-state index contributed by atoms with van der Waals surface area (Å²) in [5.41, 5.74) is 0. The normalized spacial score (nSPS) is 1.78. The van der Waals surface area contributed by atoms with Gasteiger partial charge in [-0.2, -0.15) is 0 Å². The number of hydrogen-bond donors (Lipinski definition) is 0. The summed E-state index contributed by atoms with van der Waals surface area (Å²) in [6, 6.07) is 0. The van der Waals surface area contributed by atoms with Crippen LogP contribution in [-0.2, 0) is 36.0 Å². The fourth-order valence-corrected chi connectivity index (χ4v) is 0. The van der Waals surface area contributed by atoms with Crippen LogP contribution in [-0.4, -0.2) is 27.2 Å². The zero-order chi connectivity index (χ0) is 8.00. The van der Waals surface area contributed by atoms with Crippen LogP contribution in [0.4, 0.5) is 0 Å². The Kier molecular flexibility index (Phi) is 1920. The van der Waals surface area contributed by atoms with Crippen molar-refractivity contribution in [1.82, 2.24) is 0 Å². The molecule has 0 aromatic carbocycles. The Morgan fingerprint density at radius 3 is 0.556 bits per heavy atom. The molecule has 0 bridgehead atoms. The molecule has 59 valence electrons. The topological polar surface area (TPSA) is 68.3 Å². The fraction of sp³-hybridized carbons (Fsp3) is 0. The molecular formula is C4H10CoO4. The van der Waals surface area contributed by atoms with Crippen molar-refractivity contribution in [2.24, 2.45) is 0 Å². The van der Waals surface area contributed by atoms with Crippen LogP contribution in [0.25, 0.3) is 0 Å². The first-order chi connectivity index (χ1) is 4.00. The van der Waals surface area contributed by atoms with Gasteiger partial charge in [-0.15, -0.1) is 0 Å². The summed E-state index contributed by atoms with van der Waals surface area (Å²) in [6.45, 7) is 8.00. The predicted octanol–water partition coefficient (Wildman–Crippen LogP) is -0.517. The second-order valence-electron chi connectivity index (χ2n) is 0. The Morgan fingerprint density at radius 1 is 0.556 bits per heavy atom. The summed E-state index contributed by atoms with van der Waals surface area (Å²) in [4.78, 5) is 32.0. The molecule has 0 N–H and O–H groups in total. The van der Waals surface area contributed by atoms with E-state index < -0.39 is 0 Å². The third-order valence-corrected chi connectivity index (χ3v) is 0. The van der Waals surface area contributed by atoms with Gasteiger partial charge in [-0.3, -0.25) is 0 Å². The van der Waals surface area contributed by atoms with E-state index in [1.807, 2.05) is 27.2 Å². The predicted molar refractivity (Wildman–Crippen MR) is 30.7 cm³/mol. The van der Waals surface area contributed by atoms with E-state index in [-0.39, 0.29) is 19.6 Å². The SMILES string of the molecule is C=O.C=O.C=O.C=O.[Co+2].[H-].[H-]. The minimum absolute atomic E-state index is 0. The molecule has 4 nitrogen and oxygen atoms in total. The molecule has 0 aliphatic rings. The summed E-state index contributed by atoms with van der Waals surface area (Å²) in [6.07, 6.45) is 0. The summed E-state index contributed by atoms with van der Waals surface area (Å²) in [5.74, 6) is 0. The second-order valence-corrected chi connectivity index (χ2v) is 0. The third-order valence-electron chi connectivity index (χ3n) is 0. The van der Waals surface area contributed by atoms with Crippen LogP contribution in [0.15, 0.2) is 0 Å². The van der Waals surface area contributed by atoms with Crippen molar-refractivity contribution in [3.63, 3.8) is 0 Å². The minimum Gasteiger partial charge on any atom is -1.00 e. The maximum absolute atomic E-state index is 8.00. The van der Waals surface area contributed by atoms with Gasteiger partial charge in [-0.05, 0) is 0 Å². The van der Waals surface area contributed by atoms with Gasteiger partial charge >= 0.3 is 16.8 Å². The summed E-state index contributed by atoms with van der Waals surface area (Å²) in [5, 5.41) is 0. The molecule has 0 atom stereocenters.